The fraction of sp³-hybridized carbons (Fsp3) is 0.479. The summed E-state index contributed by atoms with van der Waals surface area (Å²) in [5.74, 6) is 0.0424. The number of hydrogen-bond acceptors (Lipinski definition) is 28. The second-order valence-electron chi connectivity index (χ2n) is 25.8. The van der Waals surface area contributed by atoms with Crippen LogP contribution in [0.4, 0.5) is 34.9 Å². The van der Waals surface area contributed by atoms with Gasteiger partial charge < -0.3 is 68.1 Å². The highest BCUT2D eigenvalue weighted by molar-refractivity contribution is 7.14. The molecule has 0 spiro atoms. The maximum atomic E-state index is 13.0. The summed E-state index contributed by atoms with van der Waals surface area (Å²) in [5.41, 5.74) is 16.5. The highest BCUT2D eigenvalue weighted by Gasteiger charge is 2.34. The highest BCUT2D eigenvalue weighted by Crippen LogP contribution is 2.33. The van der Waals surface area contributed by atoms with Crippen molar-refractivity contribution in [3.05, 3.63) is 139 Å². The zero-order chi connectivity index (χ0) is 79.1. The molecular weight excluding hydrogens is 1450 g/mol. The van der Waals surface area contributed by atoms with Gasteiger partial charge in [0.05, 0.1) is 103 Å². The van der Waals surface area contributed by atoms with E-state index in [4.69, 9.17) is 62.6 Å². The number of hydrogen-bond donors (Lipinski definition) is 1. The number of rotatable bonds is 28. The van der Waals surface area contributed by atoms with Crippen LogP contribution in [0.5, 0.6) is 17.2 Å². The van der Waals surface area contributed by atoms with Gasteiger partial charge in [-0.15, -0.1) is 45.3 Å². The Bertz CT molecular complexity index is 3960. The van der Waals surface area contributed by atoms with Gasteiger partial charge in [0.15, 0.2) is 38.4 Å². The normalized spacial score (nSPS) is 11.6. The van der Waals surface area contributed by atoms with E-state index in [1.807, 2.05) is 109 Å². The Morgan fingerprint density at radius 3 is 1.16 bits per heavy atom. The van der Waals surface area contributed by atoms with Gasteiger partial charge >= 0.3 is 47.9 Å². The van der Waals surface area contributed by atoms with Crippen molar-refractivity contribution in [2.45, 2.75) is 185 Å². The maximum absolute atomic E-state index is 13.0. The zero-order valence-corrected chi connectivity index (χ0v) is 67.0. The standard InChI is InChI=1S/C23H32N2O6S.C20H24N4O5S.C20H26N2O5S.C10H16N2O3S/c1-8-29-20(26)19(30-15(2)3)18-14-32-21(24-18)25(22(27)31-23(4,5)6)13-16-9-11-17(28-7)12-10-16;1-6-28-17(25)16(23-21)15-12-30-18(22-15)24(19(26)29-20(2,3)4)11-13-7-9-14(27-5)10-8-13;1-6-26-17(23)11-15-13-28-18(21-15)22(19(24)27-20(2,3)4)12-14-7-9-16(25-5)10-8-14;1-4-14-9(13)8(15-6(2)3)7-5-16-10(11)12-7/h9-12,14-15,19H,8,13H2,1-7H3;7-10,12H,6,11H2,1-5H3;7-10,13H,6,11-12H2,1-5H3;5-6,8H,4H2,1-3H3,(H2,11,12). The summed E-state index contributed by atoms with van der Waals surface area (Å²) in [7, 11) is 4.77. The Hall–Kier alpha value is -9.63. The largest absolute Gasteiger partial charge is 0.497 e. The van der Waals surface area contributed by atoms with Gasteiger partial charge in [-0.25, -0.2) is 63.4 Å². The minimum atomic E-state index is -0.971. The molecule has 29 nitrogen and oxygen atoms in total. The zero-order valence-electron chi connectivity index (χ0n) is 63.7. The van der Waals surface area contributed by atoms with Gasteiger partial charge in [-0.1, -0.05) is 36.4 Å². The summed E-state index contributed by atoms with van der Waals surface area (Å²) in [6.07, 6.45) is -3.62. The van der Waals surface area contributed by atoms with E-state index in [0.717, 1.165) is 39.5 Å². The fourth-order valence-electron chi connectivity index (χ4n) is 8.49. The van der Waals surface area contributed by atoms with Crippen LogP contribution in [0, 0.1) is 0 Å². The van der Waals surface area contributed by atoms with Crippen LogP contribution in [0.2, 0.25) is 0 Å². The molecule has 4 heterocycles. The lowest BCUT2D eigenvalue weighted by Crippen LogP contribution is -2.36. The van der Waals surface area contributed by atoms with Crippen molar-refractivity contribution < 1.29 is 95.2 Å². The van der Waals surface area contributed by atoms with Crippen molar-refractivity contribution in [2.24, 2.45) is 0 Å². The third-order valence-corrected chi connectivity index (χ3v) is 16.3. The number of anilines is 4. The number of esters is 4. The van der Waals surface area contributed by atoms with Crippen LogP contribution in [0.3, 0.4) is 0 Å². The first-order valence-corrected chi connectivity index (χ1v) is 37.2. The van der Waals surface area contributed by atoms with Crippen LogP contribution < -0.4 is 34.6 Å². The quantitative estimate of drug-likeness (QED) is 0.0156. The molecule has 0 aliphatic heterocycles. The molecular formula is C73H98N10O19S4. The van der Waals surface area contributed by atoms with Crippen molar-refractivity contribution in [2.75, 3.05) is 68.2 Å². The van der Waals surface area contributed by atoms with Crippen LogP contribution in [-0.2, 0) is 87.9 Å². The molecule has 0 bridgehead atoms. The van der Waals surface area contributed by atoms with E-state index in [2.05, 4.69) is 24.7 Å². The number of carbonyl (C=O) groups excluding carboxylic acids is 7. The van der Waals surface area contributed by atoms with Crippen LogP contribution in [0.1, 0.15) is 169 Å². The number of benzene rings is 3. The van der Waals surface area contributed by atoms with E-state index in [1.54, 1.807) is 119 Å². The molecule has 106 heavy (non-hydrogen) atoms. The van der Waals surface area contributed by atoms with E-state index in [0.29, 0.717) is 51.4 Å². The molecule has 0 saturated carbocycles. The highest BCUT2D eigenvalue weighted by atomic mass is 32.1. The van der Waals surface area contributed by atoms with Crippen LogP contribution in [0.15, 0.2) is 94.3 Å². The monoisotopic (exact) mass is 1550 g/mol. The molecule has 0 aliphatic rings. The molecule has 2 N–H and O–H groups in total. The third kappa shape index (κ3) is 30.8. The minimum Gasteiger partial charge on any atom is -0.497 e. The third-order valence-electron chi connectivity index (χ3n) is 12.9. The van der Waals surface area contributed by atoms with Crippen molar-refractivity contribution in [3.8, 4) is 17.2 Å². The Balaban J connectivity index is 0.000000306. The molecule has 0 saturated heterocycles. The van der Waals surface area contributed by atoms with Crippen molar-refractivity contribution >= 4 is 114 Å². The molecule has 0 radical (unpaired) electrons. The molecule has 0 aliphatic carbocycles. The number of ether oxygens (including phenoxy) is 12. The summed E-state index contributed by atoms with van der Waals surface area (Å²) < 4.78 is 63.3. The van der Waals surface area contributed by atoms with E-state index >= 15 is 0 Å². The summed E-state index contributed by atoms with van der Waals surface area (Å²) >= 11 is 4.89. The SMILES string of the molecule is CCOC(=O)C(=[N+]=[N-])c1csc(N(Cc2ccc(OC)cc2)C(=O)OC(C)(C)C)n1.CCOC(=O)C(OC(C)C)c1csc(N(Cc2ccc(OC)cc2)C(=O)OC(C)(C)C)n1.CCOC(=O)C(OC(C)C)c1csc(N)n1.CCOC(=O)Cc1csc(N(Cc2ccc(OC)cc2)C(=O)OC(C)(C)C)n1. The van der Waals surface area contributed by atoms with Gasteiger partial charge in [0.2, 0.25) is 0 Å². The minimum absolute atomic E-state index is 0.0645. The first-order valence-electron chi connectivity index (χ1n) is 33.6. The van der Waals surface area contributed by atoms with Crippen molar-refractivity contribution in [1.29, 1.82) is 0 Å². The van der Waals surface area contributed by atoms with Crippen LogP contribution >= 0.6 is 45.3 Å². The van der Waals surface area contributed by atoms with Gasteiger partial charge in [-0.05, 0) is 171 Å². The topological polar surface area (TPSA) is 354 Å². The Labute approximate surface area is 635 Å². The van der Waals surface area contributed by atoms with E-state index in [-0.39, 0.29) is 74.0 Å². The van der Waals surface area contributed by atoms with E-state index in [1.165, 1.54) is 54.1 Å². The average Bonchev–Trinajstić information content (AvgIpc) is 1.64. The summed E-state index contributed by atoms with van der Waals surface area (Å²) in [6, 6.07) is 22.0. The second kappa shape index (κ2) is 43.1. The number of carbonyl (C=O) groups is 7. The maximum Gasteiger partial charge on any atom is 0.425 e. The van der Waals surface area contributed by atoms with Gasteiger partial charge in [-0.3, -0.25) is 4.79 Å². The van der Waals surface area contributed by atoms with Crippen molar-refractivity contribution in [1.82, 2.24) is 19.9 Å². The van der Waals surface area contributed by atoms with E-state index in [9.17, 15) is 39.1 Å². The molecule has 0 fully saturated rings. The molecule has 2 unspecified atom stereocenters. The molecule has 7 rings (SSSR count). The lowest BCUT2D eigenvalue weighted by Gasteiger charge is -2.26. The van der Waals surface area contributed by atoms with E-state index < -0.39 is 65.2 Å². The molecule has 33 heteroatoms. The number of thiazole rings is 4. The predicted molar refractivity (Wildman–Crippen MR) is 405 cm³/mol. The molecule has 4 aromatic heterocycles. The first-order chi connectivity index (χ1) is 50.0. The average molecular weight is 1550 g/mol. The second-order valence-corrected chi connectivity index (χ2v) is 29.2. The van der Waals surface area contributed by atoms with Crippen LogP contribution in [0.25, 0.3) is 5.53 Å². The number of methoxy groups -OCH3 is 3. The lowest BCUT2D eigenvalue weighted by atomic mass is 10.2. The fourth-order valence-corrected chi connectivity index (χ4v) is 11.5. The summed E-state index contributed by atoms with van der Waals surface area (Å²) in [6.45, 7) is 32.0. The van der Waals surface area contributed by atoms with Gasteiger partial charge in [-0.2, -0.15) is 4.79 Å². The van der Waals surface area contributed by atoms with Crippen molar-refractivity contribution in [3.63, 3.8) is 0 Å². The number of amides is 3. The Morgan fingerprint density at radius 1 is 0.472 bits per heavy atom. The molecule has 7 aromatic rings. The summed E-state index contributed by atoms with van der Waals surface area (Å²) in [5, 5.41) is 8.21. The smallest absolute Gasteiger partial charge is 0.425 e. The summed E-state index contributed by atoms with van der Waals surface area (Å²) in [4.78, 5) is 111. The Morgan fingerprint density at radius 2 is 0.821 bits per heavy atom. The lowest BCUT2D eigenvalue weighted by molar-refractivity contribution is -0.161. The number of nitrogens with two attached hydrogens (primary N) is 1. The molecule has 2 atom stereocenters. The first kappa shape index (κ1) is 88.8. The molecule has 578 valence electrons. The van der Waals surface area contributed by atoms with Gasteiger partial charge in [0.1, 0.15) is 34.1 Å². The van der Waals surface area contributed by atoms with Crippen LogP contribution in [-0.4, -0.2) is 149 Å². The molecule has 3 aromatic carbocycles. The van der Waals surface area contributed by atoms with Gasteiger partial charge in [0.25, 0.3) is 0 Å². The predicted octanol–water partition coefficient (Wildman–Crippen LogP) is 14.8. The molecule has 3 amide bonds. The Kier molecular flexibility index (Phi) is 36.1. The number of nitrogen functional groups attached to an aromatic ring is 1. The number of aromatic nitrogens is 4. The number of nitrogens with zero attached hydrogens (tertiary/aromatic N) is 9. The van der Waals surface area contributed by atoms with Gasteiger partial charge in [0, 0.05) is 21.5 Å².